The first kappa shape index (κ1) is 16.7. The molecule has 0 unspecified atom stereocenters. The SMILES string of the molecule is Cc1nn(C)c(NCC2(N(C)C)CCCCCC2)c1[N+](=O)[O-]. The number of nitrogens with one attached hydrogen (secondary N) is 1. The van der Waals surface area contributed by atoms with Crippen LogP contribution in [0.5, 0.6) is 0 Å². The first-order chi connectivity index (χ1) is 10.4. The van der Waals surface area contributed by atoms with Crippen molar-refractivity contribution in [2.75, 3.05) is 26.0 Å². The Balaban J connectivity index is 2.21. The summed E-state index contributed by atoms with van der Waals surface area (Å²) in [4.78, 5) is 13.2. The molecule has 0 bridgehead atoms. The van der Waals surface area contributed by atoms with E-state index in [2.05, 4.69) is 29.4 Å². The summed E-state index contributed by atoms with van der Waals surface area (Å²) in [5, 5.41) is 18.8. The van der Waals surface area contributed by atoms with Crippen molar-refractivity contribution in [2.45, 2.75) is 51.0 Å². The summed E-state index contributed by atoms with van der Waals surface area (Å²) >= 11 is 0. The molecule has 1 heterocycles. The maximum Gasteiger partial charge on any atom is 0.333 e. The number of hydrogen-bond acceptors (Lipinski definition) is 5. The average molecular weight is 309 g/mol. The molecule has 7 nitrogen and oxygen atoms in total. The number of hydrogen-bond donors (Lipinski definition) is 1. The van der Waals surface area contributed by atoms with Crippen LogP contribution in [0.15, 0.2) is 0 Å². The zero-order valence-corrected chi connectivity index (χ0v) is 14.1. The molecule has 0 atom stereocenters. The van der Waals surface area contributed by atoms with Gasteiger partial charge in [-0.05, 0) is 33.9 Å². The van der Waals surface area contributed by atoms with Gasteiger partial charge >= 0.3 is 5.69 Å². The molecule has 2 rings (SSSR count). The van der Waals surface area contributed by atoms with Crippen molar-refractivity contribution in [3.05, 3.63) is 15.8 Å². The normalized spacial score (nSPS) is 18.2. The van der Waals surface area contributed by atoms with Gasteiger partial charge in [0.1, 0.15) is 5.69 Å². The smallest absolute Gasteiger partial charge is 0.333 e. The molecule has 22 heavy (non-hydrogen) atoms. The monoisotopic (exact) mass is 309 g/mol. The lowest BCUT2D eigenvalue weighted by Gasteiger charge is -2.39. The molecule has 124 valence electrons. The van der Waals surface area contributed by atoms with Crippen molar-refractivity contribution < 1.29 is 4.92 Å². The minimum atomic E-state index is -0.347. The fraction of sp³-hybridized carbons (Fsp3) is 0.800. The van der Waals surface area contributed by atoms with Crippen molar-refractivity contribution in [1.82, 2.24) is 14.7 Å². The van der Waals surface area contributed by atoms with Crippen molar-refractivity contribution in [2.24, 2.45) is 7.05 Å². The highest BCUT2D eigenvalue weighted by Crippen LogP contribution is 2.33. The van der Waals surface area contributed by atoms with Crippen LogP contribution in [0.1, 0.15) is 44.2 Å². The quantitative estimate of drug-likeness (QED) is 0.514. The Morgan fingerprint density at radius 1 is 1.32 bits per heavy atom. The molecule has 1 aliphatic carbocycles. The first-order valence-electron chi connectivity index (χ1n) is 7.97. The van der Waals surface area contributed by atoms with E-state index < -0.39 is 0 Å². The van der Waals surface area contributed by atoms with E-state index in [4.69, 9.17) is 0 Å². The molecule has 0 aromatic carbocycles. The standard InChI is InChI=1S/C15H27N5O2/c1-12-13(20(21)22)14(19(4)17-12)16-11-15(18(2)3)9-7-5-6-8-10-15/h16H,5-11H2,1-4H3. The number of aromatic nitrogens is 2. The largest absolute Gasteiger partial charge is 0.363 e. The van der Waals surface area contributed by atoms with Gasteiger partial charge < -0.3 is 10.2 Å². The van der Waals surface area contributed by atoms with Crippen LogP contribution in [0.25, 0.3) is 0 Å². The second-order valence-electron chi connectivity index (χ2n) is 6.55. The number of nitro groups is 1. The molecule has 1 N–H and O–H groups in total. The minimum absolute atomic E-state index is 0.0581. The first-order valence-corrected chi connectivity index (χ1v) is 7.97. The zero-order chi connectivity index (χ0) is 16.3. The van der Waals surface area contributed by atoms with Gasteiger partial charge in [0.2, 0.25) is 5.82 Å². The van der Waals surface area contributed by atoms with Gasteiger partial charge in [0.25, 0.3) is 0 Å². The van der Waals surface area contributed by atoms with Gasteiger partial charge in [-0.15, -0.1) is 0 Å². The zero-order valence-electron chi connectivity index (χ0n) is 14.1. The average Bonchev–Trinajstić information content (AvgIpc) is 2.63. The van der Waals surface area contributed by atoms with E-state index in [0.717, 1.165) is 12.8 Å². The Hall–Kier alpha value is -1.63. The summed E-state index contributed by atoms with van der Waals surface area (Å²) < 4.78 is 1.58. The number of likely N-dealkylation sites (N-methyl/N-ethyl adjacent to an activating group) is 1. The van der Waals surface area contributed by atoms with Crippen LogP contribution in [0.4, 0.5) is 11.5 Å². The topological polar surface area (TPSA) is 76.2 Å². The van der Waals surface area contributed by atoms with Crippen molar-refractivity contribution in [3.63, 3.8) is 0 Å². The molecule has 7 heteroatoms. The highest BCUT2D eigenvalue weighted by Gasteiger charge is 2.34. The molecule has 1 saturated carbocycles. The van der Waals surface area contributed by atoms with E-state index in [1.54, 1.807) is 18.7 Å². The predicted molar refractivity (Wildman–Crippen MR) is 87.2 cm³/mol. The van der Waals surface area contributed by atoms with Crippen molar-refractivity contribution in [1.29, 1.82) is 0 Å². The highest BCUT2D eigenvalue weighted by molar-refractivity contribution is 5.59. The van der Waals surface area contributed by atoms with E-state index in [0.29, 0.717) is 18.1 Å². The molecule has 0 radical (unpaired) electrons. The third-order valence-corrected chi connectivity index (χ3v) is 4.94. The van der Waals surface area contributed by atoms with Crippen LogP contribution >= 0.6 is 0 Å². The molecule has 0 spiro atoms. The molecule has 0 saturated heterocycles. The van der Waals surface area contributed by atoms with Crippen LogP contribution < -0.4 is 5.32 Å². The van der Waals surface area contributed by atoms with Crippen molar-refractivity contribution >= 4 is 11.5 Å². The molecule has 1 aromatic heterocycles. The molecule has 1 fully saturated rings. The molecular formula is C15H27N5O2. The molecule has 0 aliphatic heterocycles. The third kappa shape index (κ3) is 3.24. The van der Waals surface area contributed by atoms with E-state index in [9.17, 15) is 10.1 Å². The summed E-state index contributed by atoms with van der Waals surface area (Å²) in [6, 6.07) is 0. The van der Waals surface area contributed by atoms with Gasteiger partial charge in [0.05, 0.1) is 4.92 Å². The number of rotatable bonds is 5. The number of nitrogens with zero attached hydrogens (tertiary/aromatic N) is 4. The van der Waals surface area contributed by atoms with Crippen LogP contribution in [0.2, 0.25) is 0 Å². The summed E-state index contributed by atoms with van der Waals surface area (Å²) in [7, 11) is 5.96. The number of aryl methyl sites for hydroxylation is 2. The fourth-order valence-corrected chi connectivity index (χ4v) is 3.48. The lowest BCUT2D eigenvalue weighted by atomic mass is 9.88. The van der Waals surface area contributed by atoms with Crippen LogP contribution in [0, 0.1) is 17.0 Å². The van der Waals surface area contributed by atoms with Gasteiger partial charge in [-0.1, -0.05) is 25.7 Å². The number of anilines is 1. The molecule has 1 aliphatic rings. The molecule has 1 aromatic rings. The van der Waals surface area contributed by atoms with E-state index in [-0.39, 0.29) is 16.1 Å². The summed E-state index contributed by atoms with van der Waals surface area (Å²) in [5.41, 5.74) is 0.600. The van der Waals surface area contributed by atoms with Gasteiger partial charge in [0.15, 0.2) is 0 Å². The molecular weight excluding hydrogens is 282 g/mol. The van der Waals surface area contributed by atoms with Crippen LogP contribution in [0.3, 0.4) is 0 Å². The minimum Gasteiger partial charge on any atom is -0.363 e. The van der Waals surface area contributed by atoms with Gasteiger partial charge in [-0.2, -0.15) is 5.10 Å². The lowest BCUT2D eigenvalue weighted by molar-refractivity contribution is -0.384. The van der Waals surface area contributed by atoms with Gasteiger partial charge in [0, 0.05) is 19.1 Å². The summed E-state index contributed by atoms with van der Waals surface area (Å²) in [6.07, 6.45) is 7.23. The van der Waals surface area contributed by atoms with Crippen LogP contribution in [-0.2, 0) is 7.05 Å². The van der Waals surface area contributed by atoms with E-state index in [1.165, 1.54) is 25.7 Å². The second-order valence-corrected chi connectivity index (χ2v) is 6.55. The Morgan fingerprint density at radius 3 is 2.41 bits per heavy atom. The Labute approximate surface area is 131 Å². The van der Waals surface area contributed by atoms with Gasteiger partial charge in [-0.25, -0.2) is 4.68 Å². The van der Waals surface area contributed by atoms with Crippen LogP contribution in [-0.4, -0.2) is 45.8 Å². The Morgan fingerprint density at radius 2 is 1.91 bits per heavy atom. The predicted octanol–water partition coefficient (Wildman–Crippen LogP) is 2.70. The third-order valence-electron chi connectivity index (χ3n) is 4.94. The summed E-state index contributed by atoms with van der Waals surface area (Å²) in [6.45, 7) is 2.39. The van der Waals surface area contributed by atoms with E-state index in [1.807, 2.05) is 0 Å². The highest BCUT2D eigenvalue weighted by atomic mass is 16.6. The maximum absolute atomic E-state index is 11.3. The maximum atomic E-state index is 11.3. The van der Waals surface area contributed by atoms with Crippen molar-refractivity contribution in [3.8, 4) is 0 Å². The van der Waals surface area contributed by atoms with Gasteiger partial charge in [-0.3, -0.25) is 10.1 Å². The van der Waals surface area contributed by atoms with E-state index >= 15 is 0 Å². The molecule has 0 amide bonds. The Kier molecular flexibility index (Phi) is 5.05. The fourth-order valence-electron chi connectivity index (χ4n) is 3.48. The lowest BCUT2D eigenvalue weighted by Crippen LogP contribution is -2.49. The Bertz CT molecular complexity index is 530. The second kappa shape index (κ2) is 6.64. The summed E-state index contributed by atoms with van der Waals surface area (Å²) in [5.74, 6) is 0.507.